The van der Waals surface area contributed by atoms with Crippen molar-refractivity contribution in [3.63, 3.8) is 0 Å². The Bertz CT molecular complexity index is 945. The van der Waals surface area contributed by atoms with Gasteiger partial charge in [-0.1, -0.05) is 26.0 Å². The summed E-state index contributed by atoms with van der Waals surface area (Å²) in [5, 5.41) is 10.2. The third-order valence-electron chi connectivity index (χ3n) is 6.42. The molecule has 0 fully saturated rings. The fraction of sp³-hybridized carbons (Fsp3) is 0.519. The van der Waals surface area contributed by atoms with Crippen molar-refractivity contribution >= 4 is 51.4 Å². The second-order valence-electron chi connectivity index (χ2n) is 8.65. The fourth-order valence-electron chi connectivity index (χ4n) is 4.23. The molecule has 0 bridgehead atoms. The number of nitrogens with zero attached hydrogens (tertiary/aromatic N) is 2. The van der Waals surface area contributed by atoms with Crippen molar-refractivity contribution in [1.29, 1.82) is 5.26 Å². The van der Waals surface area contributed by atoms with Gasteiger partial charge in [0.05, 0.1) is 39.9 Å². The van der Waals surface area contributed by atoms with Crippen LogP contribution in [0, 0.1) is 17.2 Å². The Kier molecular flexibility index (Phi) is 13.5. The Balaban J connectivity index is 0.00000578. The molecule has 0 aliphatic carbocycles. The van der Waals surface area contributed by atoms with Crippen LogP contribution in [0.1, 0.15) is 37.8 Å². The number of ether oxygens (including phenoxy) is 4. The first-order valence-electron chi connectivity index (χ1n) is 11.4. The van der Waals surface area contributed by atoms with E-state index in [1.165, 1.54) is 5.56 Å². The molecule has 0 heterocycles. The molecule has 2 aromatic carbocycles. The van der Waals surface area contributed by atoms with Crippen LogP contribution in [0.3, 0.4) is 0 Å². The fourth-order valence-corrected chi connectivity index (χ4v) is 4.23. The maximum atomic E-state index is 10.2. The van der Waals surface area contributed by atoms with E-state index in [1.807, 2.05) is 30.3 Å². The molecule has 0 spiro atoms. The number of benzene rings is 2. The van der Waals surface area contributed by atoms with Crippen molar-refractivity contribution in [1.82, 2.24) is 4.90 Å². The van der Waals surface area contributed by atoms with E-state index in [4.69, 9.17) is 18.9 Å². The van der Waals surface area contributed by atoms with Gasteiger partial charge in [-0.05, 0) is 74.2 Å². The standard InChI is InChI=1S/C27H38N2O4.K.H/c1-20(2)27(19-28,22-10-12-24(31-5)26(18-22)33-7)14-8-15-29(3)16-13-21-9-11-23(30-4)25(17-21)32-6;;/h9-12,17-18,20H,8,13-16H2,1-7H3;;. The van der Waals surface area contributed by atoms with Crippen LogP contribution in [0.15, 0.2) is 36.4 Å². The van der Waals surface area contributed by atoms with Crippen molar-refractivity contribution in [2.24, 2.45) is 5.92 Å². The summed E-state index contributed by atoms with van der Waals surface area (Å²) in [5.74, 6) is 2.99. The topological polar surface area (TPSA) is 64.0 Å². The van der Waals surface area contributed by atoms with Crippen LogP contribution in [0.2, 0.25) is 0 Å². The minimum absolute atomic E-state index is 0. The van der Waals surface area contributed by atoms with E-state index in [2.05, 4.69) is 37.9 Å². The van der Waals surface area contributed by atoms with Crippen LogP contribution in [-0.4, -0.2) is 105 Å². The van der Waals surface area contributed by atoms with E-state index in [0.29, 0.717) is 11.5 Å². The maximum absolute atomic E-state index is 10.2. The van der Waals surface area contributed by atoms with Crippen LogP contribution in [-0.2, 0) is 11.8 Å². The molecule has 7 heteroatoms. The van der Waals surface area contributed by atoms with Gasteiger partial charge in [0, 0.05) is 6.54 Å². The van der Waals surface area contributed by atoms with Gasteiger partial charge in [-0.25, -0.2) is 0 Å². The molecule has 0 aliphatic rings. The Hall–Kier alpha value is -1.27. The predicted molar refractivity (Wildman–Crippen MR) is 139 cm³/mol. The molecule has 0 radical (unpaired) electrons. The van der Waals surface area contributed by atoms with Crippen LogP contribution >= 0.6 is 0 Å². The van der Waals surface area contributed by atoms with Crippen molar-refractivity contribution in [3.8, 4) is 29.1 Å². The summed E-state index contributed by atoms with van der Waals surface area (Å²) >= 11 is 0. The molecule has 0 saturated carbocycles. The molecular weight excluding hydrogens is 455 g/mol. The molecule has 1 unspecified atom stereocenters. The molecule has 0 saturated heterocycles. The average molecular weight is 495 g/mol. The normalized spacial score (nSPS) is 12.5. The molecule has 182 valence electrons. The van der Waals surface area contributed by atoms with Gasteiger partial charge in [0.2, 0.25) is 0 Å². The van der Waals surface area contributed by atoms with Crippen LogP contribution in [0.4, 0.5) is 0 Å². The number of rotatable bonds is 13. The Morgan fingerprint density at radius 1 is 0.853 bits per heavy atom. The number of methoxy groups -OCH3 is 4. The molecular formula is C27H39KN2O4. The average Bonchev–Trinajstić information content (AvgIpc) is 2.84. The minimum atomic E-state index is -0.580. The molecule has 6 nitrogen and oxygen atoms in total. The molecule has 0 amide bonds. The third-order valence-corrected chi connectivity index (χ3v) is 6.42. The zero-order valence-corrected chi connectivity index (χ0v) is 21.1. The molecule has 34 heavy (non-hydrogen) atoms. The van der Waals surface area contributed by atoms with E-state index in [1.54, 1.807) is 28.4 Å². The zero-order valence-electron chi connectivity index (χ0n) is 21.1. The molecule has 0 aromatic heterocycles. The predicted octanol–water partition coefficient (Wildman–Crippen LogP) is 4.44. The van der Waals surface area contributed by atoms with Gasteiger partial charge in [0.1, 0.15) is 0 Å². The Labute approximate surface area is 247 Å². The van der Waals surface area contributed by atoms with E-state index < -0.39 is 5.41 Å². The number of nitriles is 1. The zero-order chi connectivity index (χ0) is 24.4. The number of likely N-dealkylation sites (N-methyl/N-ethyl adjacent to an activating group) is 1. The van der Waals surface area contributed by atoms with Gasteiger partial charge < -0.3 is 23.8 Å². The van der Waals surface area contributed by atoms with Gasteiger partial charge >= 0.3 is 51.4 Å². The van der Waals surface area contributed by atoms with Crippen molar-refractivity contribution in [2.45, 2.75) is 38.5 Å². The second kappa shape index (κ2) is 15.0. The first kappa shape index (κ1) is 30.8. The SMILES string of the molecule is COc1ccc(CCN(C)CCCC(C#N)(c2ccc(OC)c(OC)c2)C(C)C)cc1OC.[KH]. The van der Waals surface area contributed by atoms with Crippen LogP contribution in [0.25, 0.3) is 0 Å². The van der Waals surface area contributed by atoms with Crippen molar-refractivity contribution < 1.29 is 18.9 Å². The monoisotopic (exact) mass is 494 g/mol. The van der Waals surface area contributed by atoms with Crippen LogP contribution in [0.5, 0.6) is 23.0 Å². The van der Waals surface area contributed by atoms with Gasteiger partial charge in [-0.15, -0.1) is 0 Å². The summed E-state index contributed by atoms with van der Waals surface area (Å²) in [5.41, 5.74) is 1.60. The van der Waals surface area contributed by atoms with Gasteiger partial charge in [-0.2, -0.15) is 5.26 Å². The summed E-state index contributed by atoms with van der Waals surface area (Å²) in [6.07, 6.45) is 2.61. The number of hydrogen-bond donors (Lipinski definition) is 0. The third kappa shape index (κ3) is 7.61. The summed E-state index contributed by atoms with van der Waals surface area (Å²) in [6, 6.07) is 14.5. The van der Waals surface area contributed by atoms with E-state index in [0.717, 1.165) is 49.4 Å². The Morgan fingerprint density at radius 2 is 1.41 bits per heavy atom. The van der Waals surface area contributed by atoms with Gasteiger partial charge in [-0.3, -0.25) is 0 Å². The number of hydrogen-bond acceptors (Lipinski definition) is 6. The Morgan fingerprint density at radius 3 is 1.94 bits per heavy atom. The first-order valence-corrected chi connectivity index (χ1v) is 11.4. The van der Waals surface area contributed by atoms with Crippen molar-refractivity contribution in [2.75, 3.05) is 48.6 Å². The molecule has 2 aromatic rings. The van der Waals surface area contributed by atoms with Gasteiger partial charge in [0.25, 0.3) is 0 Å². The van der Waals surface area contributed by atoms with Crippen molar-refractivity contribution in [3.05, 3.63) is 47.5 Å². The first-order chi connectivity index (χ1) is 15.8. The molecule has 1 atom stereocenters. The summed E-state index contributed by atoms with van der Waals surface area (Å²) in [6.45, 7) is 6.06. The molecule has 2 rings (SSSR count). The van der Waals surface area contributed by atoms with E-state index >= 15 is 0 Å². The summed E-state index contributed by atoms with van der Waals surface area (Å²) < 4.78 is 21.6. The molecule has 0 N–H and O–H groups in total. The summed E-state index contributed by atoms with van der Waals surface area (Å²) in [7, 11) is 8.67. The summed E-state index contributed by atoms with van der Waals surface area (Å²) in [4.78, 5) is 2.31. The quantitative estimate of drug-likeness (QED) is 0.384. The van der Waals surface area contributed by atoms with E-state index in [9.17, 15) is 5.26 Å². The van der Waals surface area contributed by atoms with E-state index in [-0.39, 0.29) is 57.3 Å². The molecule has 0 aliphatic heterocycles. The van der Waals surface area contributed by atoms with Gasteiger partial charge in [0.15, 0.2) is 23.0 Å². The second-order valence-corrected chi connectivity index (χ2v) is 8.65. The van der Waals surface area contributed by atoms with Crippen LogP contribution < -0.4 is 18.9 Å².